The fourth-order valence-electron chi connectivity index (χ4n) is 2.49. The molecule has 0 saturated heterocycles. The molecule has 0 fully saturated rings. The normalized spacial score (nSPS) is 11.3. The van der Waals surface area contributed by atoms with Gasteiger partial charge in [0.05, 0.1) is 21.9 Å². The van der Waals surface area contributed by atoms with Crippen LogP contribution in [0.25, 0.3) is 22.2 Å². The van der Waals surface area contributed by atoms with Crippen molar-refractivity contribution in [3.05, 3.63) is 78.8 Å². The van der Waals surface area contributed by atoms with Crippen molar-refractivity contribution < 1.29 is 4.42 Å². The van der Waals surface area contributed by atoms with Crippen LogP contribution in [0.5, 0.6) is 0 Å². The van der Waals surface area contributed by atoms with Crippen molar-refractivity contribution in [2.24, 2.45) is 5.10 Å². The summed E-state index contributed by atoms with van der Waals surface area (Å²) in [5, 5.41) is 7.36. The van der Waals surface area contributed by atoms with E-state index >= 15 is 0 Å². The lowest BCUT2D eigenvalue weighted by Gasteiger charge is -2.03. The standard InChI is InChI=1S/C19H11Br2N3O2S/c20-13-6-12-7-14(18(25)26-17(12)15(21)8-13)16-10-27-19(23-16)24-22-9-11-4-2-1-3-5-11/h1-10H,(H,23,24)/b22-9-. The molecule has 0 unspecified atom stereocenters. The first kappa shape index (κ1) is 18.1. The van der Waals surface area contributed by atoms with Crippen LogP contribution in [0.3, 0.4) is 0 Å². The van der Waals surface area contributed by atoms with Gasteiger partial charge >= 0.3 is 5.63 Å². The molecule has 8 heteroatoms. The van der Waals surface area contributed by atoms with E-state index in [-0.39, 0.29) is 0 Å². The van der Waals surface area contributed by atoms with E-state index < -0.39 is 5.63 Å². The van der Waals surface area contributed by atoms with Gasteiger partial charge < -0.3 is 4.42 Å². The highest BCUT2D eigenvalue weighted by atomic mass is 79.9. The summed E-state index contributed by atoms with van der Waals surface area (Å²) in [6, 6.07) is 15.2. The van der Waals surface area contributed by atoms with Crippen LogP contribution in [0.15, 0.2) is 77.2 Å². The summed E-state index contributed by atoms with van der Waals surface area (Å²) in [7, 11) is 0. The zero-order chi connectivity index (χ0) is 18.8. The van der Waals surface area contributed by atoms with Gasteiger partial charge in [-0.15, -0.1) is 11.3 Å². The summed E-state index contributed by atoms with van der Waals surface area (Å²) in [6.45, 7) is 0. The molecule has 0 bridgehead atoms. The molecule has 0 radical (unpaired) electrons. The largest absolute Gasteiger partial charge is 0.421 e. The number of aromatic nitrogens is 1. The van der Waals surface area contributed by atoms with Crippen LogP contribution >= 0.6 is 43.2 Å². The smallest absolute Gasteiger partial charge is 0.345 e. The maximum atomic E-state index is 12.4. The van der Waals surface area contributed by atoms with Crippen molar-refractivity contribution in [3.8, 4) is 11.3 Å². The molecule has 134 valence electrons. The third-order valence-electron chi connectivity index (χ3n) is 3.71. The molecular weight excluding hydrogens is 494 g/mol. The van der Waals surface area contributed by atoms with Gasteiger partial charge in [-0.05, 0) is 39.7 Å². The summed E-state index contributed by atoms with van der Waals surface area (Å²) in [5.41, 5.74) is 4.89. The molecular formula is C19H11Br2N3O2S. The van der Waals surface area contributed by atoms with Crippen molar-refractivity contribution in [3.63, 3.8) is 0 Å². The number of hydrogen-bond acceptors (Lipinski definition) is 6. The Balaban J connectivity index is 1.62. The Hall–Kier alpha value is -2.29. The third kappa shape index (κ3) is 4.02. The van der Waals surface area contributed by atoms with Crippen LogP contribution in [0, 0.1) is 0 Å². The second kappa shape index (κ2) is 7.75. The van der Waals surface area contributed by atoms with E-state index in [0.29, 0.717) is 26.4 Å². The monoisotopic (exact) mass is 503 g/mol. The lowest BCUT2D eigenvalue weighted by atomic mass is 10.1. The van der Waals surface area contributed by atoms with Crippen LogP contribution in [0.2, 0.25) is 0 Å². The molecule has 0 amide bonds. The molecule has 0 aliphatic carbocycles. The minimum atomic E-state index is -0.435. The van der Waals surface area contributed by atoms with E-state index in [0.717, 1.165) is 15.4 Å². The average Bonchev–Trinajstić information content (AvgIpc) is 3.11. The number of anilines is 1. The Morgan fingerprint density at radius 3 is 2.78 bits per heavy atom. The molecule has 0 saturated carbocycles. The molecule has 0 aliphatic rings. The van der Waals surface area contributed by atoms with Gasteiger partial charge in [0, 0.05) is 15.2 Å². The predicted octanol–water partition coefficient (Wildman–Crippen LogP) is 5.89. The highest BCUT2D eigenvalue weighted by Crippen LogP contribution is 2.31. The topological polar surface area (TPSA) is 67.5 Å². The second-order valence-corrected chi connectivity index (χ2v) is 8.20. The number of rotatable bonds is 4. The maximum Gasteiger partial charge on any atom is 0.345 e. The molecule has 27 heavy (non-hydrogen) atoms. The lowest BCUT2D eigenvalue weighted by Crippen LogP contribution is -2.03. The minimum absolute atomic E-state index is 0.406. The SMILES string of the molecule is O=c1oc2c(Br)cc(Br)cc2cc1-c1csc(N/N=C\c2ccccc2)n1. The Morgan fingerprint density at radius 1 is 1.15 bits per heavy atom. The zero-order valence-electron chi connectivity index (χ0n) is 13.6. The van der Waals surface area contributed by atoms with Gasteiger partial charge in [0.1, 0.15) is 0 Å². The first-order valence-electron chi connectivity index (χ1n) is 7.83. The molecule has 2 aromatic heterocycles. The number of halogens is 2. The van der Waals surface area contributed by atoms with Gasteiger partial charge in [-0.1, -0.05) is 46.3 Å². The molecule has 0 atom stereocenters. The molecule has 5 nitrogen and oxygen atoms in total. The van der Waals surface area contributed by atoms with Gasteiger partial charge in [-0.2, -0.15) is 5.10 Å². The van der Waals surface area contributed by atoms with Crippen molar-refractivity contribution >= 4 is 65.5 Å². The van der Waals surface area contributed by atoms with Crippen molar-refractivity contribution in [1.29, 1.82) is 0 Å². The minimum Gasteiger partial charge on any atom is -0.421 e. The van der Waals surface area contributed by atoms with Gasteiger partial charge in [-0.25, -0.2) is 9.78 Å². The maximum absolute atomic E-state index is 12.4. The highest BCUT2D eigenvalue weighted by Gasteiger charge is 2.13. The Bertz CT molecular complexity index is 1200. The molecule has 1 N–H and O–H groups in total. The molecule has 2 heterocycles. The van der Waals surface area contributed by atoms with Crippen molar-refractivity contribution in [2.45, 2.75) is 0 Å². The quantitative estimate of drug-likeness (QED) is 0.214. The van der Waals surface area contributed by atoms with Crippen LogP contribution in [0.4, 0.5) is 5.13 Å². The van der Waals surface area contributed by atoms with Gasteiger partial charge in [0.2, 0.25) is 5.13 Å². The van der Waals surface area contributed by atoms with Crippen LogP contribution in [-0.2, 0) is 0 Å². The molecule has 0 aliphatic heterocycles. The van der Waals surface area contributed by atoms with E-state index in [1.807, 2.05) is 42.5 Å². The molecule has 4 rings (SSSR count). The van der Waals surface area contributed by atoms with Crippen LogP contribution < -0.4 is 11.1 Å². The van der Waals surface area contributed by atoms with Gasteiger partial charge in [0.25, 0.3) is 0 Å². The Kier molecular flexibility index (Phi) is 5.20. The number of fused-ring (bicyclic) bond motifs is 1. The summed E-state index contributed by atoms with van der Waals surface area (Å²) < 4.78 is 7.07. The van der Waals surface area contributed by atoms with Gasteiger partial charge in [0.15, 0.2) is 5.58 Å². The first-order valence-corrected chi connectivity index (χ1v) is 10.3. The van der Waals surface area contributed by atoms with E-state index in [9.17, 15) is 4.79 Å². The predicted molar refractivity (Wildman–Crippen MR) is 117 cm³/mol. The summed E-state index contributed by atoms with van der Waals surface area (Å²) in [4.78, 5) is 16.8. The number of hydrogen-bond donors (Lipinski definition) is 1. The Morgan fingerprint density at radius 2 is 1.96 bits per heavy atom. The molecule has 4 aromatic rings. The highest BCUT2D eigenvalue weighted by molar-refractivity contribution is 9.11. The van der Waals surface area contributed by atoms with E-state index in [2.05, 4.69) is 47.4 Å². The second-order valence-electron chi connectivity index (χ2n) is 5.57. The number of nitrogens with zero attached hydrogens (tertiary/aromatic N) is 2. The fraction of sp³-hybridized carbons (Fsp3) is 0. The van der Waals surface area contributed by atoms with Crippen molar-refractivity contribution in [2.75, 3.05) is 5.43 Å². The van der Waals surface area contributed by atoms with Crippen molar-refractivity contribution in [1.82, 2.24) is 4.98 Å². The van der Waals surface area contributed by atoms with Crippen LogP contribution in [-0.4, -0.2) is 11.2 Å². The summed E-state index contributed by atoms with van der Waals surface area (Å²) in [5.74, 6) is 0. The number of thiazole rings is 1. The van der Waals surface area contributed by atoms with Crippen LogP contribution in [0.1, 0.15) is 5.56 Å². The van der Waals surface area contributed by atoms with E-state index in [1.54, 1.807) is 17.7 Å². The Labute approximate surface area is 175 Å². The fourth-order valence-corrected chi connectivity index (χ4v) is 4.48. The number of benzene rings is 2. The molecule has 0 spiro atoms. The summed E-state index contributed by atoms with van der Waals surface area (Å²) >= 11 is 8.22. The summed E-state index contributed by atoms with van der Waals surface area (Å²) in [6.07, 6.45) is 1.71. The van der Waals surface area contributed by atoms with E-state index in [4.69, 9.17) is 4.42 Å². The lowest BCUT2D eigenvalue weighted by molar-refractivity contribution is 0.561. The van der Waals surface area contributed by atoms with Gasteiger partial charge in [-0.3, -0.25) is 5.43 Å². The number of hydrazone groups is 1. The molecule has 2 aromatic carbocycles. The zero-order valence-corrected chi connectivity index (χ0v) is 17.6. The first-order chi connectivity index (χ1) is 13.1. The number of nitrogens with one attached hydrogen (secondary N) is 1. The third-order valence-corrected chi connectivity index (χ3v) is 5.50. The average molecular weight is 505 g/mol. The van der Waals surface area contributed by atoms with E-state index in [1.165, 1.54) is 11.3 Å².